The summed E-state index contributed by atoms with van der Waals surface area (Å²) >= 11 is 1.50. The van der Waals surface area contributed by atoms with Gasteiger partial charge in [0.1, 0.15) is 17.4 Å². The normalized spacial score (nSPS) is 10.6. The van der Waals surface area contributed by atoms with Crippen molar-refractivity contribution in [2.75, 3.05) is 11.9 Å². The van der Waals surface area contributed by atoms with E-state index in [4.69, 9.17) is 9.47 Å². The third-order valence-electron chi connectivity index (χ3n) is 4.08. The SMILES string of the molecule is CCOCc1ccccc1NC(=O)Cc1csc(COc2ccc(C)cc2)n1. The van der Waals surface area contributed by atoms with Crippen LogP contribution in [0.25, 0.3) is 0 Å². The number of nitrogens with zero attached hydrogens (tertiary/aromatic N) is 1. The van der Waals surface area contributed by atoms with Gasteiger partial charge in [0, 0.05) is 23.2 Å². The molecule has 3 rings (SSSR count). The number of para-hydroxylation sites is 1. The number of nitrogens with one attached hydrogen (secondary N) is 1. The second-order valence-electron chi connectivity index (χ2n) is 6.35. The molecule has 6 heteroatoms. The molecule has 1 amide bonds. The average Bonchev–Trinajstić information content (AvgIpc) is 3.14. The molecular formula is C22H24N2O3S. The number of thiazole rings is 1. The van der Waals surface area contributed by atoms with E-state index >= 15 is 0 Å². The van der Waals surface area contributed by atoms with Crippen molar-refractivity contribution < 1.29 is 14.3 Å². The first-order valence-corrected chi connectivity index (χ1v) is 10.1. The lowest BCUT2D eigenvalue weighted by atomic mass is 10.2. The molecule has 0 unspecified atom stereocenters. The highest BCUT2D eigenvalue weighted by molar-refractivity contribution is 7.09. The number of amides is 1. The number of carbonyl (C=O) groups is 1. The third kappa shape index (κ3) is 5.90. The lowest BCUT2D eigenvalue weighted by Gasteiger charge is -2.10. The summed E-state index contributed by atoms with van der Waals surface area (Å²) in [5, 5.41) is 5.70. The first kappa shape index (κ1) is 20.0. The van der Waals surface area contributed by atoms with Crippen LogP contribution < -0.4 is 10.1 Å². The maximum atomic E-state index is 12.4. The molecule has 5 nitrogen and oxygen atoms in total. The number of hydrogen-bond donors (Lipinski definition) is 1. The fraction of sp³-hybridized carbons (Fsp3) is 0.273. The lowest BCUT2D eigenvalue weighted by molar-refractivity contribution is -0.115. The highest BCUT2D eigenvalue weighted by Crippen LogP contribution is 2.18. The van der Waals surface area contributed by atoms with Crippen molar-refractivity contribution in [2.45, 2.75) is 33.5 Å². The molecule has 1 aromatic heterocycles. The second kappa shape index (κ2) is 10.0. The van der Waals surface area contributed by atoms with Crippen molar-refractivity contribution in [3.05, 3.63) is 75.7 Å². The number of aromatic nitrogens is 1. The Hall–Kier alpha value is -2.70. The van der Waals surface area contributed by atoms with Gasteiger partial charge in [-0.05, 0) is 32.0 Å². The topological polar surface area (TPSA) is 60.5 Å². The van der Waals surface area contributed by atoms with E-state index in [0.717, 1.165) is 27.7 Å². The molecule has 0 radical (unpaired) electrons. The quantitative estimate of drug-likeness (QED) is 0.567. The summed E-state index contributed by atoms with van der Waals surface area (Å²) in [6, 6.07) is 15.6. The Kier molecular flexibility index (Phi) is 7.17. The van der Waals surface area contributed by atoms with Gasteiger partial charge in [-0.15, -0.1) is 11.3 Å². The Bertz CT molecular complexity index is 906. The highest BCUT2D eigenvalue weighted by Gasteiger charge is 2.11. The molecule has 146 valence electrons. The second-order valence-corrected chi connectivity index (χ2v) is 7.30. The number of aryl methyl sites for hydroxylation is 1. The summed E-state index contributed by atoms with van der Waals surface area (Å²) < 4.78 is 11.2. The standard InChI is InChI=1S/C22H24N2O3S/c1-3-26-13-17-6-4-5-7-20(17)24-21(25)12-18-15-28-22(23-18)14-27-19-10-8-16(2)9-11-19/h4-11,15H,3,12-14H2,1-2H3,(H,24,25). The number of hydrogen-bond acceptors (Lipinski definition) is 5. The Balaban J connectivity index is 1.53. The van der Waals surface area contributed by atoms with Gasteiger partial charge in [0.15, 0.2) is 0 Å². The minimum atomic E-state index is -0.0970. The monoisotopic (exact) mass is 396 g/mol. The van der Waals surface area contributed by atoms with Gasteiger partial charge in [-0.1, -0.05) is 35.9 Å². The van der Waals surface area contributed by atoms with E-state index in [1.54, 1.807) is 0 Å². The summed E-state index contributed by atoms with van der Waals surface area (Å²) in [4.78, 5) is 16.9. The van der Waals surface area contributed by atoms with E-state index in [-0.39, 0.29) is 12.3 Å². The van der Waals surface area contributed by atoms with E-state index in [2.05, 4.69) is 10.3 Å². The first-order valence-electron chi connectivity index (χ1n) is 9.22. The van der Waals surface area contributed by atoms with Crippen molar-refractivity contribution in [2.24, 2.45) is 0 Å². The van der Waals surface area contributed by atoms with Crippen LogP contribution in [0.2, 0.25) is 0 Å². The van der Waals surface area contributed by atoms with Crippen LogP contribution in [0.5, 0.6) is 5.75 Å². The van der Waals surface area contributed by atoms with Crippen molar-refractivity contribution in [1.29, 1.82) is 0 Å². The van der Waals surface area contributed by atoms with Crippen LogP contribution in [0.4, 0.5) is 5.69 Å². The van der Waals surface area contributed by atoms with E-state index in [1.807, 2.05) is 67.8 Å². The van der Waals surface area contributed by atoms with Gasteiger partial charge in [0.25, 0.3) is 0 Å². The van der Waals surface area contributed by atoms with Gasteiger partial charge in [0.2, 0.25) is 5.91 Å². The Morgan fingerprint density at radius 3 is 2.68 bits per heavy atom. The van der Waals surface area contributed by atoms with Crippen molar-refractivity contribution >= 4 is 22.9 Å². The highest BCUT2D eigenvalue weighted by atomic mass is 32.1. The number of anilines is 1. The van der Waals surface area contributed by atoms with Crippen molar-refractivity contribution in [3.8, 4) is 5.75 Å². The van der Waals surface area contributed by atoms with Crippen LogP contribution in [-0.4, -0.2) is 17.5 Å². The fourth-order valence-electron chi connectivity index (χ4n) is 2.62. The van der Waals surface area contributed by atoms with Crippen molar-refractivity contribution in [1.82, 2.24) is 4.98 Å². The van der Waals surface area contributed by atoms with Gasteiger partial charge in [-0.25, -0.2) is 4.98 Å². The Morgan fingerprint density at radius 1 is 1.11 bits per heavy atom. The smallest absolute Gasteiger partial charge is 0.230 e. The molecule has 0 spiro atoms. The Morgan fingerprint density at radius 2 is 1.89 bits per heavy atom. The van der Waals surface area contributed by atoms with Crippen LogP contribution in [0.3, 0.4) is 0 Å². The van der Waals surface area contributed by atoms with Crippen LogP contribution in [0.15, 0.2) is 53.9 Å². The Labute approximate surface area is 169 Å². The molecular weight excluding hydrogens is 372 g/mol. The van der Waals surface area contributed by atoms with Crippen LogP contribution in [0.1, 0.15) is 28.8 Å². The summed E-state index contributed by atoms with van der Waals surface area (Å²) in [7, 11) is 0. The van der Waals surface area contributed by atoms with Crippen LogP contribution >= 0.6 is 11.3 Å². The zero-order chi connectivity index (χ0) is 19.8. The maximum Gasteiger partial charge on any atom is 0.230 e. The molecule has 0 atom stereocenters. The van der Waals surface area contributed by atoms with Crippen molar-refractivity contribution in [3.63, 3.8) is 0 Å². The number of ether oxygens (including phenoxy) is 2. The average molecular weight is 397 g/mol. The van der Waals surface area contributed by atoms with E-state index in [9.17, 15) is 4.79 Å². The lowest BCUT2D eigenvalue weighted by Crippen LogP contribution is -2.16. The molecule has 0 aliphatic heterocycles. The molecule has 1 heterocycles. The number of carbonyl (C=O) groups excluding carboxylic acids is 1. The maximum absolute atomic E-state index is 12.4. The molecule has 0 bridgehead atoms. The van der Waals surface area contributed by atoms with Gasteiger partial charge in [-0.3, -0.25) is 4.79 Å². The largest absolute Gasteiger partial charge is 0.486 e. The molecule has 1 N–H and O–H groups in total. The summed E-state index contributed by atoms with van der Waals surface area (Å²) in [5.74, 6) is 0.714. The molecule has 0 aliphatic carbocycles. The van der Waals surface area contributed by atoms with E-state index < -0.39 is 0 Å². The minimum absolute atomic E-state index is 0.0970. The van der Waals surface area contributed by atoms with E-state index in [0.29, 0.717) is 19.8 Å². The zero-order valence-electron chi connectivity index (χ0n) is 16.1. The van der Waals surface area contributed by atoms with Gasteiger partial charge in [0.05, 0.1) is 18.7 Å². The molecule has 0 aliphatic rings. The molecule has 3 aromatic rings. The van der Waals surface area contributed by atoms with Crippen LogP contribution in [0, 0.1) is 6.92 Å². The van der Waals surface area contributed by atoms with Crippen LogP contribution in [-0.2, 0) is 29.2 Å². The summed E-state index contributed by atoms with van der Waals surface area (Å²) in [6.07, 6.45) is 0.226. The molecule has 0 saturated heterocycles. The predicted molar refractivity (Wildman–Crippen MR) is 112 cm³/mol. The van der Waals surface area contributed by atoms with Gasteiger partial charge >= 0.3 is 0 Å². The number of rotatable bonds is 9. The van der Waals surface area contributed by atoms with E-state index in [1.165, 1.54) is 16.9 Å². The van der Waals surface area contributed by atoms with Gasteiger partial charge in [-0.2, -0.15) is 0 Å². The number of benzene rings is 2. The zero-order valence-corrected chi connectivity index (χ0v) is 16.9. The first-order chi connectivity index (χ1) is 13.6. The predicted octanol–water partition coefficient (Wildman–Crippen LogP) is 4.75. The summed E-state index contributed by atoms with van der Waals surface area (Å²) in [6.45, 7) is 5.49. The molecule has 0 fully saturated rings. The summed E-state index contributed by atoms with van der Waals surface area (Å²) in [5.41, 5.74) is 3.67. The third-order valence-corrected chi connectivity index (χ3v) is 4.95. The molecule has 28 heavy (non-hydrogen) atoms. The fourth-order valence-corrected chi connectivity index (χ4v) is 3.32. The molecule has 2 aromatic carbocycles. The minimum Gasteiger partial charge on any atom is -0.486 e. The van der Waals surface area contributed by atoms with Gasteiger partial charge < -0.3 is 14.8 Å². The molecule has 0 saturated carbocycles.